The molecular weight excluding hydrogens is 144 g/mol. The molecule has 0 radical (unpaired) electrons. The zero-order valence-corrected chi connectivity index (χ0v) is 6.49. The molecule has 0 saturated heterocycles. The summed E-state index contributed by atoms with van der Waals surface area (Å²) in [5.41, 5.74) is 5.23. The van der Waals surface area contributed by atoms with Crippen LogP contribution in [0.25, 0.3) is 0 Å². The van der Waals surface area contributed by atoms with Gasteiger partial charge in [0.05, 0.1) is 5.76 Å². The molecular formula is C7H14N2O2. The van der Waals surface area contributed by atoms with Gasteiger partial charge in [-0.05, 0) is 19.3 Å². The van der Waals surface area contributed by atoms with E-state index in [-0.39, 0.29) is 5.76 Å². The first-order chi connectivity index (χ1) is 5.16. The summed E-state index contributed by atoms with van der Waals surface area (Å²) in [5, 5.41) is 11.3. The fraction of sp³-hybridized carbons (Fsp3) is 0.714. The predicted molar refractivity (Wildman–Crippen MR) is 44.0 cm³/mol. The summed E-state index contributed by atoms with van der Waals surface area (Å²) in [5.74, 6) is 0.178. The van der Waals surface area contributed by atoms with Crippen molar-refractivity contribution in [1.29, 1.82) is 0 Å². The second-order valence-electron chi connectivity index (χ2n) is 2.48. The molecule has 0 amide bonds. The van der Waals surface area contributed by atoms with Gasteiger partial charge in [0.25, 0.3) is 0 Å². The Morgan fingerprint density at radius 1 is 1.64 bits per heavy atom. The van der Waals surface area contributed by atoms with E-state index >= 15 is 0 Å². The largest absolute Gasteiger partial charge is 0.513 e. The van der Waals surface area contributed by atoms with E-state index in [2.05, 4.69) is 11.8 Å². The third-order valence-electron chi connectivity index (χ3n) is 1.35. The zero-order valence-electron chi connectivity index (χ0n) is 6.49. The lowest BCUT2D eigenvalue weighted by atomic mass is 10.1. The Balaban J connectivity index is 3.14. The van der Waals surface area contributed by atoms with Crippen LogP contribution in [0, 0.1) is 4.91 Å². The molecule has 0 aromatic rings. The highest BCUT2D eigenvalue weighted by Crippen LogP contribution is 2.05. The van der Waals surface area contributed by atoms with E-state index in [1.807, 2.05) is 0 Å². The van der Waals surface area contributed by atoms with Gasteiger partial charge in [-0.3, -0.25) is 0 Å². The van der Waals surface area contributed by atoms with Crippen LogP contribution in [0.15, 0.2) is 17.5 Å². The first-order valence-corrected chi connectivity index (χ1v) is 3.61. The predicted octanol–water partition coefficient (Wildman–Crippen LogP) is 1.67. The Morgan fingerprint density at radius 3 is 2.73 bits per heavy atom. The van der Waals surface area contributed by atoms with Gasteiger partial charge in [0.2, 0.25) is 0 Å². The molecule has 0 aromatic heterocycles. The number of hydrogen-bond donors (Lipinski definition) is 2. The molecule has 11 heavy (non-hydrogen) atoms. The molecule has 3 N–H and O–H groups in total. The van der Waals surface area contributed by atoms with Crippen molar-refractivity contribution in [2.75, 3.05) is 0 Å². The Hall–Kier alpha value is -0.900. The Morgan fingerprint density at radius 2 is 2.27 bits per heavy atom. The first kappa shape index (κ1) is 10.1. The van der Waals surface area contributed by atoms with E-state index in [4.69, 9.17) is 10.8 Å². The lowest BCUT2D eigenvalue weighted by Gasteiger charge is -2.01. The van der Waals surface area contributed by atoms with Crippen LogP contribution in [-0.4, -0.2) is 11.3 Å². The van der Waals surface area contributed by atoms with Gasteiger partial charge >= 0.3 is 0 Å². The molecule has 0 saturated carbocycles. The third kappa shape index (κ3) is 6.99. The lowest BCUT2D eigenvalue weighted by molar-refractivity contribution is 0.382. The number of allylic oxidation sites excluding steroid dienone is 1. The van der Waals surface area contributed by atoms with Crippen LogP contribution in [0.2, 0.25) is 0 Å². The highest BCUT2D eigenvalue weighted by Gasteiger charge is 1.99. The SMILES string of the molecule is C=C(O)CCCC[C@H](N)N=O. The number of nitroso groups, excluding NO2 is 1. The van der Waals surface area contributed by atoms with Crippen LogP contribution >= 0.6 is 0 Å². The standard InChI is InChI=1S/C7H14N2O2/c1-6(10)4-2-3-5-7(8)9-11/h7,10H,1-5,8H2/t7-/m1/s1. The molecule has 0 aliphatic heterocycles. The summed E-state index contributed by atoms with van der Waals surface area (Å²) in [6.07, 6.45) is 2.16. The molecule has 0 rings (SSSR count). The molecule has 0 aliphatic rings. The second kappa shape index (κ2) is 5.85. The van der Waals surface area contributed by atoms with Crippen LogP contribution in [0.3, 0.4) is 0 Å². The summed E-state index contributed by atoms with van der Waals surface area (Å²) in [6.45, 7) is 3.33. The number of aliphatic hydroxyl groups excluding tert-OH is 1. The van der Waals surface area contributed by atoms with E-state index < -0.39 is 6.17 Å². The van der Waals surface area contributed by atoms with Gasteiger partial charge in [0, 0.05) is 6.42 Å². The topological polar surface area (TPSA) is 75.7 Å². The van der Waals surface area contributed by atoms with Crippen molar-refractivity contribution in [3.8, 4) is 0 Å². The highest BCUT2D eigenvalue weighted by atomic mass is 16.3. The van der Waals surface area contributed by atoms with Crippen LogP contribution < -0.4 is 5.73 Å². The molecule has 64 valence electrons. The number of nitrogens with zero attached hydrogens (tertiary/aromatic N) is 1. The summed E-state index contributed by atoms with van der Waals surface area (Å²) >= 11 is 0. The normalized spacial score (nSPS) is 12.5. The van der Waals surface area contributed by atoms with E-state index in [0.29, 0.717) is 12.8 Å². The van der Waals surface area contributed by atoms with E-state index in [9.17, 15) is 4.91 Å². The number of unbranched alkanes of at least 4 members (excludes halogenated alkanes) is 1. The lowest BCUT2D eigenvalue weighted by Crippen LogP contribution is -2.15. The molecule has 0 fully saturated rings. The molecule has 1 atom stereocenters. The van der Waals surface area contributed by atoms with Gasteiger partial charge in [-0.15, -0.1) is 4.91 Å². The monoisotopic (exact) mass is 158 g/mol. The van der Waals surface area contributed by atoms with Crippen LogP contribution in [0.1, 0.15) is 25.7 Å². The summed E-state index contributed by atoms with van der Waals surface area (Å²) < 4.78 is 0. The average molecular weight is 158 g/mol. The Labute approximate surface area is 66.1 Å². The van der Waals surface area contributed by atoms with Crippen LogP contribution in [-0.2, 0) is 0 Å². The zero-order chi connectivity index (χ0) is 8.69. The maximum atomic E-state index is 9.79. The Kier molecular flexibility index (Phi) is 5.37. The van der Waals surface area contributed by atoms with Crippen molar-refractivity contribution in [2.24, 2.45) is 10.9 Å². The van der Waals surface area contributed by atoms with Gasteiger partial charge < -0.3 is 10.8 Å². The van der Waals surface area contributed by atoms with Crippen molar-refractivity contribution in [3.05, 3.63) is 17.2 Å². The van der Waals surface area contributed by atoms with E-state index in [0.717, 1.165) is 12.8 Å². The fourth-order valence-corrected chi connectivity index (χ4v) is 0.735. The molecule has 0 aliphatic carbocycles. The minimum atomic E-state index is -0.595. The van der Waals surface area contributed by atoms with E-state index in [1.165, 1.54) is 0 Å². The maximum Gasteiger partial charge on any atom is 0.139 e. The molecule has 0 unspecified atom stereocenters. The smallest absolute Gasteiger partial charge is 0.139 e. The average Bonchev–Trinajstić information content (AvgIpc) is 1.97. The molecule has 0 bridgehead atoms. The summed E-state index contributed by atoms with van der Waals surface area (Å²) in [4.78, 5) is 9.79. The minimum Gasteiger partial charge on any atom is -0.513 e. The van der Waals surface area contributed by atoms with Gasteiger partial charge in [0.1, 0.15) is 6.17 Å². The minimum absolute atomic E-state index is 0.178. The first-order valence-electron chi connectivity index (χ1n) is 3.61. The molecule has 0 aromatic carbocycles. The number of nitrogens with two attached hydrogens (primary N) is 1. The summed E-state index contributed by atoms with van der Waals surface area (Å²) in [7, 11) is 0. The van der Waals surface area contributed by atoms with E-state index in [1.54, 1.807) is 0 Å². The highest BCUT2D eigenvalue weighted by molar-refractivity contribution is 4.77. The molecule has 0 spiro atoms. The quantitative estimate of drug-likeness (QED) is 0.350. The second-order valence-corrected chi connectivity index (χ2v) is 2.48. The molecule has 4 heteroatoms. The van der Waals surface area contributed by atoms with Crippen LogP contribution in [0.4, 0.5) is 0 Å². The number of aliphatic hydroxyl groups is 1. The van der Waals surface area contributed by atoms with Crippen molar-refractivity contribution in [2.45, 2.75) is 31.8 Å². The van der Waals surface area contributed by atoms with Gasteiger partial charge in [-0.1, -0.05) is 11.8 Å². The van der Waals surface area contributed by atoms with Crippen molar-refractivity contribution in [3.63, 3.8) is 0 Å². The van der Waals surface area contributed by atoms with Gasteiger partial charge in [-0.2, -0.15) is 0 Å². The Bertz CT molecular complexity index is 136. The number of rotatable bonds is 6. The molecule has 4 nitrogen and oxygen atoms in total. The maximum absolute atomic E-state index is 9.79. The molecule has 0 heterocycles. The number of hydrogen-bond acceptors (Lipinski definition) is 4. The van der Waals surface area contributed by atoms with Crippen molar-refractivity contribution >= 4 is 0 Å². The summed E-state index contributed by atoms with van der Waals surface area (Å²) in [6, 6.07) is 0. The van der Waals surface area contributed by atoms with Gasteiger partial charge in [-0.25, -0.2) is 0 Å². The van der Waals surface area contributed by atoms with Gasteiger partial charge in [0.15, 0.2) is 0 Å². The fourth-order valence-electron chi connectivity index (χ4n) is 0.735. The van der Waals surface area contributed by atoms with Crippen LogP contribution in [0.5, 0.6) is 0 Å². The third-order valence-corrected chi connectivity index (χ3v) is 1.35. The van der Waals surface area contributed by atoms with Crippen molar-refractivity contribution in [1.82, 2.24) is 0 Å². The van der Waals surface area contributed by atoms with Crippen molar-refractivity contribution < 1.29 is 5.11 Å².